The SMILES string of the molecule is CCCCS(=O)(=O)N1CC(C(C)N)C1. The molecule has 1 saturated heterocycles. The third kappa shape index (κ3) is 2.68. The normalized spacial score (nSPS) is 21.9. The van der Waals surface area contributed by atoms with E-state index in [4.69, 9.17) is 5.73 Å². The lowest BCUT2D eigenvalue weighted by Crippen LogP contribution is -2.56. The van der Waals surface area contributed by atoms with Crippen LogP contribution in [0.3, 0.4) is 0 Å². The molecule has 1 unspecified atom stereocenters. The van der Waals surface area contributed by atoms with Crippen molar-refractivity contribution in [3.63, 3.8) is 0 Å². The second-order valence-electron chi connectivity index (χ2n) is 4.11. The molecule has 1 heterocycles. The first-order valence-electron chi connectivity index (χ1n) is 5.20. The fourth-order valence-corrected chi connectivity index (χ4v) is 3.23. The molecular weight excluding hydrogens is 200 g/mol. The molecule has 1 aliphatic rings. The van der Waals surface area contributed by atoms with E-state index in [0.717, 1.165) is 12.8 Å². The van der Waals surface area contributed by atoms with Gasteiger partial charge in [-0.1, -0.05) is 13.3 Å². The molecule has 0 aromatic carbocycles. The summed E-state index contributed by atoms with van der Waals surface area (Å²) in [5.74, 6) is 0.640. The van der Waals surface area contributed by atoms with Crippen LogP contribution < -0.4 is 5.73 Å². The molecule has 0 aromatic heterocycles. The van der Waals surface area contributed by atoms with Crippen molar-refractivity contribution in [2.45, 2.75) is 32.7 Å². The van der Waals surface area contributed by atoms with Crippen molar-refractivity contribution >= 4 is 10.0 Å². The van der Waals surface area contributed by atoms with Crippen molar-refractivity contribution in [2.75, 3.05) is 18.8 Å². The molecule has 0 saturated carbocycles. The van der Waals surface area contributed by atoms with Crippen LogP contribution in [0.15, 0.2) is 0 Å². The molecule has 2 N–H and O–H groups in total. The van der Waals surface area contributed by atoms with Gasteiger partial charge < -0.3 is 5.73 Å². The van der Waals surface area contributed by atoms with Crippen LogP contribution in [-0.4, -0.2) is 37.6 Å². The molecule has 84 valence electrons. The van der Waals surface area contributed by atoms with Crippen LogP contribution in [-0.2, 0) is 10.0 Å². The highest BCUT2D eigenvalue weighted by atomic mass is 32.2. The van der Waals surface area contributed by atoms with Crippen LogP contribution in [0, 0.1) is 5.92 Å². The molecule has 0 aromatic rings. The van der Waals surface area contributed by atoms with Crippen LogP contribution in [0.4, 0.5) is 0 Å². The van der Waals surface area contributed by atoms with E-state index in [1.54, 1.807) is 4.31 Å². The fourth-order valence-electron chi connectivity index (χ4n) is 1.49. The van der Waals surface area contributed by atoms with E-state index in [1.807, 2.05) is 13.8 Å². The Morgan fingerprint density at radius 2 is 2.07 bits per heavy atom. The molecule has 0 radical (unpaired) electrons. The number of nitrogens with two attached hydrogens (primary N) is 1. The van der Waals surface area contributed by atoms with Crippen molar-refractivity contribution in [3.8, 4) is 0 Å². The fraction of sp³-hybridized carbons (Fsp3) is 1.00. The summed E-state index contributed by atoms with van der Waals surface area (Å²) in [4.78, 5) is 0. The molecule has 1 fully saturated rings. The quantitative estimate of drug-likeness (QED) is 0.729. The lowest BCUT2D eigenvalue weighted by molar-refractivity contribution is 0.177. The highest BCUT2D eigenvalue weighted by Crippen LogP contribution is 2.22. The van der Waals surface area contributed by atoms with E-state index >= 15 is 0 Å². The summed E-state index contributed by atoms with van der Waals surface area (Å²) in [5, 5.41) is 0. The van der Waals surface area contributed by atoms with E-state index in [0.29, 0.717) is 19.0 Å². The van der Waals surface area contributed by atoms with Crippen LogP contribution in [0.2, 0.25) is 0 Å². The highest BCUT2D eigenvalue weighted by Gasteiger charge is 2.36. The Morgan fingerprint density at radius 1 is 1.50 bits per heavy atom. The van der Waals surface area contributed by atoms with Crippen LogP contribution in [0.25, 0.3) is 0 Å². The van der Waals surface area contributed by atoms with Gasteiger partial charge in [-0.2, -0.15) is 0 Å². The summed E-state index contributed by atoms with van der Waals surface area (Å²) in [7, 11) is -2.97. The molecule has 1 atom stereocenters. The molecule has 0 aliphatic carbocycles. The Kier molecular flexibility index (Phi) is 3.92. The first kappa shape index (κ1) is 11.9. The largest absolute Gasteiger partial charge is 0.328 e. The topological polar surface area (TPSA) is 63.4 Å². The summed E-state index contributed by atoms with van der Waals surface area (Å²) < 4.78 is 24.8. The predicted molar refractivity (Wildman–Crippen MR) is 57.4 cm³/mol. The van der Waals surface area contributed by atoms with Gasteiger partial charge in [0.25, 0.3) is 0 Å². The second-order valence-corrected chi connectivity index (χ2v) is 6.19. The summed E-state index contributed by atoms with van der Waals surface area (Å²) >= 11 is 0. The maximum Gasteiger partial charge on any atom is 0.214 e. The Hall–Kier alpha value is -0.130. The predicted octanol–water partition coefficient (Wildman–Crippen LogP) is 0.395. The van der Waals surface area contributed by atoms with Gasteiger partial charge in [0.05, 0.1) is 5.75 Å². The van der Waals surface area contributed by atoms with Gasteiger partial charge in [-0.25, -0.2) is 12.7 Å². The van der Waals surface area contributed by atoms with Gasteiger partial charge in [0.15, 0.2) is 0 Å². The highest BCUT2D eigenvalue weighted by molar-refractivity contribution is 7.89. The maximum absolute atomic E-state index is 11.6. The first-order valence-corrected chi connectivity index (χ1v) is 6.81. The third-order valence-corrected chi connectivity index (χ3v) is 4.66. The van der Waals surface area contributed by atoms with E-state index in [1.165, 1.54) is 0 Å². The van der Waals surface area contributed by atoms with Crippen LogP contribution in [0.5, 0.6) is 0 Å². The minimum atomic E-state index is -2.97. The van der Waals surface area contributed by atoms with Crippen molar-refractivity contribution in [3.05, 3.63) is 0 Å². The second kappa shape index (κ2) is 4.59. The van der Waals surface area contributed by atoms with E-state index in [9.17, 15) is 8.42 Å². The van der Waals surface area contributed by atoms with E-state index in [-0.39, 0.29) is 11.8 Å². The average molecular weight is 220 g/mol. The monoisotopic (exact) mass is 220 g/mol. The van der Waals surface area contributed by atoms with Crippen LogP contribution >= 0.6 is 0 Å². The number of rotatable bonds is 5. The Labute approximate surface area is 86.5 Å². The van der Waals surface area contributed by atoms with E-state index in [2.05, 4.69) is 0 Å². The third-order valence-electron chi connectivity index (χ3n) is 2.77. The summed E-state index contributed by atoms with van der Waals surface area (Å²) in [6.07, 6.45) is 1.67. The molecule has 1 rings (SSSR count). The number of nitrogens with zero attached hydrogens (tertiary/aromatic N) is 1. The van der Waals surface area contributed by atoms with E-state index < -0.39 is 10.0 Å². The number of unbranched alkanes of at least 4 members (excludes halogenated alkanes) is 1. The van der Waals surface area contributed by atoms with Crippen molar-refractivity contribution in [1.29, 1.82) is 0 Å². The minimum absolute atomic E-state index is 0.104. The Morgan fingerprint density at radius 3 is 2.50 bits per heavy atom. The number of sulfonamides is 1. The summed E-state index contributed by atoms with van der Waals surface area (Å²) in [5.41, 5.74) is 5.68. The molecule has 4 nitrogen and oxygen atoms in total. The zero-order valence-corrected chi connectivity index (χ0v) is 9.76. The van der Waals surface area contributed by atoms with Crippen molar-refractivity contribution < 1.29 is 8.42 Å². The zero-order chi connectivity index (χ0) is 10.8. The minimum Gasteiger partial charge on any atom is -0.328 e. The van der Waals surface area contributed by atoms with Crippen molar-refractivity contribution in [1.82, 2.24) is 4.31 Å². The average Bonchev–Trinajstić information content (AvgIpc) is 1.96. The maximum atomic E-state index is 11.6. The Balaban J connectivity index is 2.38. The zero-order valence-electron chi connectivity index (χ0n) is 8.94. The van der Waals surface area contributed by atoms with Gasteiger partial charge in [0.2, 0.25) is 10.0 Å². The molecule has 0 spiro atoms. The van der Waals surface area contributed by atoms with Gasteiger partial charge >= 0.3 is 0 Å². The van der Waals surface area contributed by atoms with Gasteiger partial charge in [-0.05, 0) is 13.3 Å². The van der Waals surface area contributed by atoms with Gasteiger partial charge in [-0.15, -0.1) is 0 Å². The van der Waals surface area contributed by atoms with Gasteiger partial charge in [0, 0.05) is 25.0 Å². The molecule has 5 heteroatoms. The van der Waals surface area contributed by atoms with Crippen molar-refractivity contribution in [2.24, 2.45) is 11.7 Å². The standard InChI is InChI=1S/C9H20N2O2S/c1-3-4-5-14(12,13)11-6-9(7-11)8(2)10/h8-9H,3-7,10H2,1-2H3. The lowest BCUT2D eigenvalue weighted by atomic mass is 9.96. The molecule has 0 amide bonds. The summed E-state index contributed by atoms with van der Waals surface area (Å²) in [6, 6.07) is 0.104. The molecule has 0 bridgehead atoms. The molecule has 14 heavy (non-hydrogen) atoms. The van der Waals surface area contributed by atoms with Crippen LogP contribution in [0.1, 0.15) is 26.7 Å². The molecule has 1 aliphatic heterocycles. The molecular formula is C9H20N2O2S. The number of hydrogen-bond donors (Lipinski definition) is 1. The lowest BCUT2D eigenvalue weighted by Gasteiger charge is -2.40. The first-order chi connectivity index (χ1) is 6.47. The van der Waals surface area contributed by atoms with Gasteiger partial charge in [0.1, 0.15) is 0 Å². The smallest absolute Gasteiger partial charge is 0.214 e. The Bertz CT molecular complexity index is 269. The summed E-state index contributed by atoms with van der Waals surface area (Å²) in [6.45, 7) is 5.16. The number of hydrogen-bond acceptors (Lipinski definition) is 3. The van der Waals surface area contributed by atoms with Gasteiger partial charge in [-0.3, -0.25) is 0 Å².